The van der Waals surface area contributed by atoms with Crippen molar-refractivity contribution in [2.24, 2.45) is 5.92 Å². The van der Waals surface area contributed by atoms with Crippen molar-refractivity contribution in [1.29, 1.82) is 0 Å². The van der Waals surface area contributed by atoms with Gasteiger partial charge in [-0.05, 0) is 43.6 Å². The van der Waals surface area contributed by atoms with E-state index >= 15 is 0 Å². The SMILES string of the molecule is COC(c1ccccc1)(c1ccccc1)[C@@H]1OB(/C=C/C=C/[C@@H](C)CO[Si](c2ccccc2)(c2ccccc2)C(C)(C)C)O[C@H]1C(OC)(c1ccccc1)c1ccccc1. The van der Waals surface area contributed by atoms with Crippen molar-refractivity contribution in [3.63, 3.8) is 0 Å². The number of methoxy groups -OCH3 is 2. The summed E-state index contributed by atoms with van der Waals surface area (Å²) in [7, 11) is 0.112. The van der Waals surface area contributed by atoms with Gasteiger partial charge in [-0.25, -0.2) is 0 Å². The highest BCUT2D eigenvalue weighted by Crippen LogP contribution is 2.50. The van der Waals surface area contributed by atoms with Crippen LogP contribution in [0.4, 0.5) is 0 Å². The zero-order chi connectivity index (χ0) is 42.1. The molecule has 1 heterocycles. The number of hydrogen-bond acceptors (Lipinski definition) is 5. The fourth-order valence-electron chi connectivity index (χ4n) is 9.09. The van der Waals surface area contributed by atoms with Crippen molar-refractivity contribution in [3.8, 4) is 0 Å². The van der Waals surface area contributed by atoms with E-state index in [1.165, 1.54) is 10.4 Å². The van der Waals surface area contributed by atoms with E-state index in [2.05, 4.69) is 149 Å². The average molecular weight is 813 g/mol. The number of allylic oxidation sites excluding steroid dienone is 2. The van der Waals surface area contributed by atoms with Crippen LogP contribution in [-0.2, 0) is 34.4 Å². The van der Waals surface area contributed by atoms with E-state index in [0.29, 0.717) is 6.61 Å². The molecule has 6 aromatic rings. The Labute approximate surface area is 359 Å². The molecule has 0 spiro atoms. The summed E-state index contributed by atoms with van der Waals surface area (Å²) in [6, 6.07) is 62.7. The molecular weight excluding hydrogens is 755 g/mol. The summed E-state index contributed by atoms with van der Waals surface area (Å²) >= 11 is 0. The molecule has 1 aliphatic rings. The molecule has 7 rings (SSSR count). The number of ether oxygens (including phenoxy) is 2. The molecule has 5 nitrogen and oxygen atoms in total. The van der Waals surface area contributed by atoms with Crippen LogP contribution in [0.5, 0.6) is 0 Å². The summed E-state index contributed by atoms with van der Waals surface area (Å²) < 4.78 is 35.1. The number of hydrogen-bond donors (Lipinski definition) is 0. The molecule has 3 atom stereocenters. The Morgan fingerprint density at radius 3 is 1.18 bits per heavy atom. The average Bonchev–Trinajstić information content (AvgIpc) is 3.72. The van der Waals surface area contributed by atoms with Crippen molar-refractivity contribution in [3.05, 3.63) is 228 Å². The first-order valence-electron chi connectivity index (χ1n) is 20.9. The van der Waals surface area contributed by atoms with E-state index in [0.717, 1.165) is 22.3 Å². The first-order valence-corrected chi connectivity index (χ1v) is 22.8. The molecule has 1 aliphatic heterocycles. The molecule has 0 aliphatic carbocycles. The standard InChI is InChI=1S/C53H57BO5Si/c1-42(41-57-60(51(2,3)4,47-36-21-11-22-37-47)48-38-23-12-24-39-48)27-25-26-40-54-58-49(52(55-5,43-28-13-7-14-29-43)44-30-15-8-16-31-44)50(59-54)53(56-6,45-32-17-9-18-33-45)46-34-19-10-20-35-46/h7-40,42,49-50H,41H2,1-6H3/b27-25+,40-26+/t42-,49-,50-/m1/s1. The monoisotopic (exact) mass is 812 g/mol. The zero-order valence-electron chi connectivity index (χ0n) is 35.7. The number of rotatable bonds is 16. The maximum absolute atomic E-state index is 7.24. The van der Waals surface area contributed by atoms with E-state index in [9.17, 15) is 0 Å². The van der Waals surface area contributed by atoms with Crippen molar-refractivity contribution in [2.45, 2.75) is 56.1 Å². The molecule has 0 N–H and O–H groups in total. The molecule has 1 fully saturated rings. The van der Waals surface area contributed by atoms with Crippen molar-refractivity contribution in [2.75, 3.05) is 20.8 Å². The van der Waals surface area contributed by atoms with Gasteiger partial charge in [0.05, 0.1) is 0 Å². The predicted octanol–water partition coefficient (Wildman–Crippen LogP) is 10.3. The molecule has 0 saturated carbocycles. The third-order valence-corrected chi connectivity index (χ3v) is 16.9. The molecule has 0 amide bonds. The maximum Gasteiger partial charge on any atom is 0.486 e. The van der Waals surface area contributed by atoms with Crippen molar-refractivity contribution in [1.82, 2.24) is 0 Å². The van der Waals surface area contributed by atoms with Gasteiger partial charge in [-0.3, -0.25) is 0 Å². The summed E-state index contributed by atoms with van der Waals surface area (Å²) in [5.41, 5.74) is 1.63. The second-order valence-electron chi connectivity index (χ2n) is 16.5. The highest BCUT2D eigenvalue weighted by atomic mass is 28.4. The smallest absolute Gasteiger partial charge is 0.407 e. The fraction of sp³-hybridized carbons (Fsp3) is 0.245. The van der Waals surface area contributed by atoms with Crippen LogP contribution in [0.2, 0.25) is 5.04 Å². The van der Waals surface area contributed by atoms with E-state index in [-0.39, 0.29) is 11.0 Å². The van der Waals surface area contributed by atoms with Crippen LogP contribution in [0.25, 0.3) is 0 Å². The lowest BCUT2D eigenvalue weighted by molar-refractivity contribution is -0.136. The molecule has 306 valence electrons. The van der Waals surface area contributed by atoms with Crippen LogP contribution >= 0.6 is 0 Å². The Bertz CT molecular complexity index is 2050. The fourth-order valence-corrected chi connectivity index (χ4v) is 13.8. The Hall–Kier alpha value is -5.12. The predicted molar refractivity (Wildman–Crippen MR) is 248 cm³/mol. The van der Waals surface area contributed by atoms with Crippen molar-refractivity contribution < 1.29 is 23.2 Å². The zero-order valence-corrected chi connectivity index (χ0v) is 36.7. The third kappa shape index (κ3) is 8.31. The molecule has 0 aromatic heterocycles. The Morgan fingerprint density at radius 2 is 0.867 bits per heavy atom. The van der Waals surface area contributed by atoms with Crippen LogP contribution in [0.3, 0.4) is 0 Å². The van der Waals surface area contributed by atoms with E-state index in [1.54, 1.807) is 14.2 Å². The van der Waals surface area contributed by atoms with Gasteiger partial charge in [-0.15, -0.1) is 0 Å². The molecule has 60 heavy (non-hydrogen) atoms. The van der Waals surface area contributed by atoms with Gasteiger partial charge in [-0.1, -0.05) is 234 Å². The molecule has 7 heteroatoms. The van der Waals surface area contributed by atoms with Gasteiger partial charge in [0.2, 0.25) is 0 Å². The summed E-state index contributed by atoms with van der Waals surface area (Å²) in [6.07, 6.45) is 4.93. The second-order valence-corrected chi connectivity index (χ2v) is 20.9. The molecular formula is C53H57BO5Si. The lowest BCUT2D eigenvalue weighted by atomic mass is 9.71. The van der Waals surface area contributed by atoms with Crippen LogP contribution in [0, 0.1) is 5.92 Å². The second kappa shape index (κ2) is 19.1. The highest BCUT2D eigenvalue weighted by molar-refractivity contribution is 6.99. The van der Waals surface area contributed by atoms with Gasteiger partial charge in [0.15, 0.2) is 0 Å². The van der Waals surface area contributed by atoms with Gasteiger partial charge in [0.1, 0.15) is 23.4 Å². The minimum absolute atomic E-state index is 0.100. The normalized spacial score (nSPS) is 17.1. The summed E-state index contributed by atoms with van der Waals surface area (Å²) in [6.45, 7) is 9.72. The third-order valence-electron chi connectivity index (χ3n) is 11.9. The quantitative estimate of drug-likeness (QED) is 0.0720. The Morgan fingerprint density at radius 1 is 0.533 bits per heavy atom. The minimum atomic E-state index is -2.67. The number of benzene rings is 6. The van der Waals surface area contributed by atoms with Gasteiger partial charge in [-0.2, -0.15) is 0 Å². The lowest BCUT2D eigenvalue weighted by Gasteiger charge is -2.46. The molecule has 6 aromatic carbocycles. The van der Waals surface area contributed by atoms with E-state index in [1.807, 2.05) is 84.8 Å². The maximum atomic E-state index is 7.24. The Kier molecular flexibility index (Phi) is 13.7. The van der Waals surface area contributed by atoms with Crippen LogP contribution in [0.1, 0.15) is 49.9 Å². The van der Waals surface area contributed by atoms with Gasteiger partial charge in [0.25, 0.3) is 8.32 Å². The lowest BCUT2D eigenvalue weighted by Crippen LogP contribution is -2.66. The Balaban J connectivity index is 1.24. The van der Waals surface area contributed by atoms with Crippen molar-refractivity contribution >= 4 is 25.8 Å². The van der Waals surface area contributed by atoms with Crippen LogP contribution in [0.15, 0.2) is 206 Å². The molecule has 1 saturated heterocycles. The molecule has 0 radical (unpaired) electrons. The first kappa shape index (κ1) is 43.0. The van der Waals surface area contributed by atoms with Gasteiger partial charge < -0.3 is 23.2 Å². The van der Waals surface area contributed by atoms with Crippen LogP contribution in [-0.4, -0.2) is 48.5 Å². The summed E-state index contributed by atoms with van der Waals surface area (Å²) in [4.78, 5) is 0. The highest BCUT2D eigenvalue weighted by Gasteiger charge is 2.61. The van der Waals surface area contributed by atoms with E-state index in [4.69, 9.17) is 23.2 Å². The van der Waals surface area contributed by atoms with Gasteiger partial charge in [0, 0.05) is 20.8 Å². The van der Waals surface area contributed by atoms with Gasteiger partial charge >= 0.3 is 7.12 Å². The summed E-state index contributed by atoms with van der Waals surface area (Å²) in [5, 5.41) is 2.45. The first-order chi connectivity index (χ1) is 29.2. The molecule has 0 unspecified atom stereocenters. The largest absolute Gasteiger partial charge is 0.486 e. The summed E-state index contributed by atoms with van der Waals surface area (Å²) in [5.74, 6) is 2.11. The molecule has 0 bridgehead atoms. The topological polar surface area (TPSA) is 46.2 Å². The minimum Gasteiger partial charge on any atom is -0.407 e. The van der Waals surface area contributed by atoms with Crippen LogP contribution < -0.4 is 10.4 Å². The van der Waals surface area contributed by atoms with E-state index < -0.39 is 38.8 Å².